The van der Waals surface area contributed by atoms with Gasteiger partial charge in [-0.3, -0.25) is 9.52 Å². The summed E-state index contributed by atoms with van der Waals surface area (Å²) in [7, 11) is -3.90. The van der Waals surface area contributed by atoms with Gasteiger partial charge in [0.2, 0.25) is 0 Å². The molecule has 1 amide bonds. The Morgan fingerprint density at radius 3 is 2.32 bits per heavy atom. The molecule has 0 aliphatic carbocycles. The number of nitrogens with one attached hydrogen (secondary N) is 2. The van der Waals surface area contributed by atoms with Gasteiger partial charge in [0.05, 0.1) is 4.90 Å². The summed E-state index contributed by atoms with van der Waals surface area (Å²) in [4.78, 5) is 12.4. The molecule has 0 atom stereocenters. The second-order valence-electron chi connectivity index (χ2n) is 6.83. The van der Waals surface area contributed by atoms with Crippen LogP contribution in [0, 0.1) is 0 Å². The molecule has 4 rings (SSSR count). The highest BCUT2D eigenvalue weighted by Gasteiger charge is 2.16. The second-order valence-corrected chi connectivity index (χ2v) is 9.34. The fourth-order valence-corrected chi connectivity index (χ4v) is 3.96. The molecule has 2 aromatic heterocycles. The zero-order valence-corrected chi connectivity index (χ0v) is 19.6. The quantitative estimate of drug-likeness (QED) is 0.336. The Bertz CT molecular complexity index is 1390. The van der Waals surface area contributed by atoms with Crippen LogP contribution in [0.3, 0.4) is 0 Å². The zero-order valence-electron chi connectivity index (χ0n) is 17.2. The Hall–Kier alpha value is -3.60. The molecule has 9 nitrogen and oxygen atoms in total. The molecule has 0 spiro atoms. The van der Waals surface area contributed by atoms with Crippen molar-refractivity contribution in [1.82, 2.24) is 10.2 Å². The molecule has 2 heterocycles. The fraction of sp³-hybridized carbons (Fsp3) is 0.0455. The SMILES string of the molecule is O=C(Nc1ccc(S(=O)(=O)Nc2ccc(Cl)nn2)cc1)c1ccc(COc2ccc(Cl)cc2)o1. The number of rotatable bonds is 8. The molecule has 0 aliphatic heterocycles. The molecule has 34 heavy (non-hydrogen) atoms. The van der Waals surface area contributed by atoms with Crippen molar-refractivity contribution >= 4 is 50.6 Å². The van der Waals surface area contributed by atoms with Crippen molar-refractivity contribution in [3.63, 3.8) is 0 Å². The van der Waals surface area contributed by atoms with Crippen LogP contribution < -0.4 is 14.8 Å². The van der Waals surface area contributed by atoms with Gasteiger partial charge in [-0.15, -0.1) is 10.2 Å². The molecule has 2 N–H and O–H groups in total. The van der Waals surface area contributed by atoms with Gasteiger partial charge in [0, 0.05) is 10.7 Å². The maximum atomic E-state index is 12.5. The Labute approximate surface area is 204 Å². The van der Waals surface area contributed by atoms with Crippen LogP contribution in [0.25, 0.3) is 0 Å². The van der Waals surface area contributed by atoms with E-state index in [-0.39, 0.29) is 28.2 Å². The minimum atomic E-state index is -3.90. The third-order valence-electron chi connectivity index (χ3n) is 4.37. The number of halogens is 2. The summed E-state index contributed by atoms with van der Waals surface area (Å²) in [6.07, 6.45) is 0. The topological polar surface area (TPSA) is 123 Å². The number of sulfonamides is 1. The average molecular weight is 519 g/mol. The van der Waals surface area contributed by atoms with E-state index < -0.39 is 15.9 Å². The summed E-state index contributed by atoms with van der Waals surface area (Å²) >= 11 is 11.5. The van der Waals surface area contributed by atoms with Gasteiger partial charge in [0.15, 0.2) is 16.7 Å². The van der Waals surface area contributed by atoms with Crippen LogP contribution in [0.1, 0.15) is 16.3 Å². The van der Waals surface area contributed by atoms with E-state index in [0.29, 0.717) is 22.2 Å². The first-order valence-corrected chi connectivity index (χ1v) is 11.9. The normalized spacial score (nSPS) is 11.1. The summed E-state index contributed by atoms with van der Waals surface area (Å²) in [6, 6.07) is 18.4. The maximum Gasteiger partial charge on any atom is 0.291 e. The Morgan fingerprint density at radius 2 is 1.65 bits per heavy atom. The number of carbonyl (C=O) groups is 1. The number of nitrogens with zero attached hydrogens (tertiary/aromatic N) is 2. The van der Waals surface area contributed by atoms with Crippen LogP contribution in [0.5, 0.6) is 5.75 Å². The Kier molecular flexibility index (Phi) is 7.01. The molecule has 0 bridgehead atoms. The standard InChI is InChI=1S/C22H16Cl2N4O5S/c23-14-1-5-16(6-2-14)32-13-17-7-10-19(33-17)22(29)25-15-3-8-18(9-4-15)34(30,31)28-21-12-11-20(24)26-27-21/h1-12H,13H2,(H,25,29)(H,27,28). The summed E-state index contributed by atoms with van der Waals surface area (Å²) < 4.78 is 38.4. The molecule has 4 aromatic rings. The number of hydrogen-bond acceptors (Lipinski definition) is 7. The number of amides is 1. The first-order valence-electron chi connectivity index (χ1n) is 9.69. The van der Waals surface area contributed by atoms with Gasteiger partial charge in [0.1, 0.15) is 18.1 Å². The average Bonchev–Trinajstić information content (AvgIpc) is 3.30. The van der Waals surface area contributed by atoms with Crippen LogP contribution in [0.4, 0.5) is 11.5 Å². The lowest BCUT2D eigenvalue weighted by atomic mass is 10.3. The molecule has 0 radical (unpaired) electrons. The van der Waals surface area contributed by atoms with Gasteiger partial charge in [0.25, 0.3) is 15.9 Å². The summed E-state index contributed by atoms with van der Waals surface area (Å²) in [5.41, 5.74) is 0.380. The van der Waals surface area contributed by atoms with Crippen LogP contribution in [-0.4, -0.2) is 24.5 Å². The van der Waals surface area contributed by atoms with Gasteiger partial charge < -0.3 is 14.5 Å². The highest BCUT2D eigenvalue weighted by molar-refractivity contribution is 7.92. The van der Waals surface area contributed by atoms with E-state index in [2.05, 4.69) is 20.2 Å². The van der Waals surface area contributed by atoms with Crippen molar-refractivity contribution in [1.29, 1.82) is 0 Å². The predicted molar refractivity (Wildman–Crippen MR) is 127 cm³/mol. The molecule has 0 fully saturated rings. The summed E-state index contributed by atoms with van der Waals surface area (Å²) in [6.45, 7) is 0.131. The Morgan fingerprint density at radius 1 is 0.912 bits per heavy atom. The highest BCUT2D eigenvalue weighted by atomic mass is 35.5. The summed E-state index contributed by atoms with van der Waals surface area (Å²) in [5, 5.41) is 10.6. The molecular formula is C22H16Cl2N4O5S. The molecule has 0 saturated carbocycles. The van der Waals surface area contributed by atoms with E-state index in [1.54, 1.807) is 30.3 Å². The van der Waals surface area contributed by atoms with Gasteiger partial charge in [-0.25, -0.2) is 8.42 Å². The molecule has 0 unspecified atom stereocenters. The minimum Gasteiger partial charge on any atom is -0.486 e. The van der Waals surface area contributed by atoms with E-state index in [9.17, 15) is 13.2 Å². The van der Waals surface area contributed by atoms with Crippen LogP contribution in [0.2, 0.25) is 10.2 Å². The van der Waals surface area contributed by atoms with Gasteiger partial charge >= 0.3 is 0 Å². The van der Waals surface area contributed by atoms with E-state index >= 15 is 0 Å². The van der Waals surface area contributed by atoms with Crippen molar-refractivity contribution in [3.05, 3.63) is 94.5 Å². The van der Waals surface area contributed by atoms with E-state index in [1.807, 2.05) is 0 Å². The number of hydrogen-bond donors (Lipinski definition) is 2. The third kappa shape index (κ3) is 6.04. The molecule has 2 aromatic carbocycles. The maximum absolute atomic E-state index is 12.5. The zero-order chi connectivity index (χ0) is 24.1. The molecular weight excluding hydrogens is 503 g/mol. The van der Waals surface area contributed by atoms with Crippen molar-refractivity contribution in [2.24, 2.45) is 0 Å². The van der Waals surface area contributed by atoms with E-state index in [1.165, 1.54) is 42.5 Å². The Balaban J connectivity index is 1.35. The van der Waals surface area contributed by atoms with Crippen molar-refractivity contribution < 1.29 is 22.4 Å². The molecule has 12 heteroatoms. The smallest absolute Gasteiger partial charge is 0.291 e. The number of furan rings is 1. The van der Waals surface area contributed by atoms with Gasteiger partial charge in [-0.1, -0.05) is 23.2 Å². The predicted octanol–water partition coefficient (Wildman–Crippen LogP) is 5.01. The number of benzene rings is 2. The largest absolute Gasteiger partial charge is 0.486 e. The first kappa shape index (κ1) is 23.6. The molecule has 0 aliphatic rings. The van der Waals surface area contributed by atoms with Crippen molar-refractivity contribution in [2.45, 2.75) is 11.5 Å². The first-order chi connectivity index (χ1) is 16.3. The van der Waals surface area contributed by atoms with Crippen molar-refractivity contribution in [2.75, 3.05) is 10.0 Å². The summed E-state index contributed by atoms with van der Waals surface area (Å²) in [5.74, 6) is 0.671. The lowest BCUT2D eigenvalue weighted by Gasteiger charge is -2.08. The lowest BCUT2D eigenvalue weighted by molar-refractivity contribution is 0.0992. The van der Waals surface area contributed by atoms with E-state index in [0.717, 1.165) is 0 Å². The monoisotopic (exact) mass is 518 g/mol. The minimum absolute atomic E-state index is 0.0236. The van der Waals surface area contributed by atoms with E-state index in [4.69, 9.17) is 32.4 Å². The second kappa shape index (κ2) is 10.1. The van der Waals surface area contributed by atoms with Crippen LogP contribution in [0.15, 0.2) is 82.1 Å². The molecule has 174 valence electrons. The number of carbonyl (C=O) groups excluding carboxylic acids is 1. The highest BCUT2D eigenvalue weighted by Crippen LogP contribution is 2.20. The fourth-order valence-electron chi connectivity index (χ4n) is 2.74. The number of anilines is 2. The lowest BCUT2D eigenvalue weighted by Crippen LogP contribution is -2.15. The number of ether oxygens (including phenoxy) is 1. The van der Waals surface area contributed by atoms with Crippen molar-refractivity contribution in [3.8, 4) is 5.75 Å². The number of aromatic nitrogens is 2. The van der Waals surface area contributed by atoms with Crippen LogP contribution >= 0.6 is 23.2 Å². The van der Waals surface area contributed by atoms with Gasteiger partial charge in [-0.05, 0) is 72.8 Å². The molecule has 0 saturated heterocycles. The van der Waals surface area contributed by atoms with Crippen LogP contribution in [-0.2, 0) is 16.6 Å². The van der Waals surface area contributed by atoms with Gasteiger partial charge in [-0.2, -0.15) is 0 Å². The third-order valence-corrected chi connectivity index (χ3v) is 6.20.